The standard InChI is InChI=1S/C5H10N2O2/c1-2-3(6)4(7)5(8)9/h2-4H,1,6-7H2,(H,8,9)/t3-,4-/m0/s1. The summed E-state index contributed by atoms with van der Waals surface area (Å²) in [5.41, 5.74) is 10.3. The number of carbonyl (C=O) groups is 1. The van der Waals surface area contributed by atoms with Crippen molar-refractivity contribution in [2.75, 3.05) is 0 Å². The van der Waals surface area contributed by atoms with Crippen LogP contribution in [-0.4, -0.2) is 23.2 Å². The molecule has 0 aromatic carbocycles. The van der Waals surface area contributed by atoms with Crippen molar-refractivity contribution < 1.29 is 9.90 Å². The Balaban J connectivity index is 3.86. The fourth-order valence-electron chi connectivity index (χ4n) is 0.311. The lowest BCUT2D eigenvalue weighted by atomic mass is 10.1. The molecule has 0 aliphatic rings. The Kier molecular flexibility index (Phi) is 2.90. The summed E-state index contributed by atoms with van der Waals surface area (Å²) in [5.74, 6) is -1.11. The molecule has 0 radical (unpaired) electrons. The highest BCUT2D eigenvalue weighted by atomic mass is 16.4. The monoisotopic (exact) mass is 130 g/mol. The molecule has 0 rings (SSSR count). The van der Waals surface area contributed by atoms with E-state index in [1.165, 1.54) is 6.08 Å². The van der Waals surface area contributed by atoms with E-state index in [-0.39, 0.29) is 0 Å². The summed E-state index contributed by atoms with van der Waals surface area (Å²) in [5, 5.41) is 8.23. The van der Waals surface area contributed by atoms with Gasteiger partial charge in [-0.25, -0.2) is 0 Å². The minimum absolute atomic E-state index is 0.664. The molecule has 0 saturated heterocycles. The van der Waals surface area contributed by atoms with E-state index in [4.69, 9.17) is 16.6 Å². The zero-order chi connectivity index (χ0) is 7.44. The molecule has 0 aliphatic carbocycles. The van der Waals surface area contributed by atoms with Gasteiger partial charge in [0.05, 0.1) is 0 Å². The summed E-state index contributed by atoms with van der Waals surface area (Å²) in [7, 11) is 0. The first kappa shape index (κ1) is 8.13. The maximum Gasteiger partial charge on any atom is 0.322 e. The molecule has 5 N–H and O–H groups in total. The topological polar surface area (TPSA) is 89.3 Å². The maximum atomic E-state index is 10.0. The van der Waals surface area contributed by atoms with Crippen LogP contribution >= 0.6 is 0 Å². The molecule has 0 aliphatic heterocycles. The van der Waals surface area contributed by atoms with Crippen molar-refractivity contribution in [1.29, 1.82) is 0 Å². The van der Waals surface area contributed by atoms with Crippen molar-refractivity contribution in [1.82, 2.24) is 0 Å². The highest BCUT2D eigenvalue weighted by Crippen LogP contribution is 1.86. The lowest BCUT2D eigenvalue weighted by Crippen LogP contribution is -2.45. The third kappa shape index (κ3) is 2.25. The molecule has 4 heteroatoms. The van der Waals surface area contributed by atoms with Gasteiger partial charge in [-0.1, -0.05) is 6.08 Å². The first-order valence-corrected chi connectivity index (χ1v) is 2.46. The third-order valence-electron chi connectivity index (χ3n) is 0.972. The summed E-state index contributed by atoms with van der Waals surface area (Å²) in [6, 6.07) is -1.70. The van der Waals surface area contributed by atoms with Gasteiger partial charge in [0.2, 0.25) is 0 Å². The van der Waals surface area contributed by atoms with E-state index in [9.17, 15) is 4.79 Å². The predicted molar refractivity (Wildman–Crippen MR) is 33.8 cm³/mol. The SMILES string of the molecule is C=C[C@H](N)[C@H](N)C(=O)O. The summed E-state index contributed by atoms with van der Waals surface area (Å²) in [6.45, 7) is 3.30. The van der Waals surface area contributed by atoms with Crippen LogP contribution in [-0.2, 0) is 4.79 Å². The molecule has 0 aromatic rings. The second-order valence-corrected chi connectivity index (χ2v) is 1.68. The number of hydrogen-bond donors (Lipinski definition) is 3. The summed E-state index contributed by atoms with van der Waals surface area (Å²) >= 11 is 0. The van der Waals surface area contributed by atoms with E-state index in [2.05, 4.69) is 6.58 Å². The van der Waals surface area contributed by atoms with E-state index in [1.807, 2.05) is 0 Å². The number of carboxylic acids is 1. The molecule has 0 fully saturated rings. The second kappa shape index (κ2) is 3.21. The van der Waals surface area contributed by atoms with E-state index < -0.39 is 18.1 Å². The van der Waals surface area contributed by atoms with Crippen LogP contribution in [0.5, 0.6) is 0 Å². The van der Waals surface area contributed by atoms with Crippen molar-refractivity contribution >= 4 is 5.97 Å². The minimum atomic E-state index is -1.11. The van der Waals surface area contributed by atoms with Gasteiger partial charge >= 0.3 is 5.97 Å². The molecule has 52 valence electrons. The van der Waals surface area contributed by atoms with Gasteiger partial charge in [0.15, 0.2) is 0 Å². The first-order valence-electron chi connectivity index (χ1n) is 2.46. The largest absolute Gasteiger partial charge is 0.480 e. The second-order valence-electron chi connectivity index (χ2n) is 1.68. The summed E-state index contributed by atoms with van der Waals surface area (Å²) < 4.78 is 0. The zero-order valence-electron chi connectivity index (χ0n) is 4.95. The van der Waals surface area contributed by atoms with E-state index >= 15 is 0 Å². The van der Waals surface area contributed by atoms with Crippen molar-refractivity contribution in [3.8, 4) is 0 Å². The molecule has 0 aromatic heterocycles. The molecular weight excluding hydrogens is 120 g/mol. The highest BCUT2D eigenvalue weighted by Gasteiger charge is 2.16. The highest BCUT2D eigenvalue weighted by molar-refractivity contribution is 5.74. The Morgan fingerprint density at radius 2 is 2.11 bits per heavy atom. The Hall–Kier alpha value is -0.870. The van der Waals surface area contributed by atoms with Crippen LogP contribution in [0.1, 0.15) is 0 Å². The fourth-order valence-corrected chi connectivity index (χ4v) is 0.311. The lowest BCUT2D eigenvalue weighted by Gasteiger charge is -2.09. The molecule has 0 spiro atoms. The fraction of sp³-hybridized carbons (Fsp3) is 0.400. The summed E-state index contributed by atoms with van der Waals surface area (Å²) in [6.07, 6.45) is 1.30. The predicted octanol–water partition coefficient (Wildman–Crippen LogP) is -1.09. The number of carboxylic acid groups (broad SMARTS) is 1. The zero-order valence-corrected chi connectivity index (χ0v) is 4.95. The van der Waals surface area contributed by atoms with Gasteiger partial charge in [0.25, 0.3) is 0 Å². The number of hydrogen-bond acceptors (Lipinski definition) is 3. The Morgan fingerprint density at radius 3 is 2.22 bits per heavy atom. The lowest BCUT2D eigenvalue weighted by molar-refractivity contribution is -0.138. The van der Waals surface area contributed by atoms with Gasteiger partial charge in [-0.15, -0.1) is 6.58 Å². The average molecular weight is 130 g/mol. The van der Waals surface area contributed by atoms with Crippen LogP contribution in [0.15, 0.2) is 12.7 Å². The van der Waals surface area contributed by atoms with Crippen LogP contribution in [0.4, 0.5) is 0 Å². The smallest absolute Gasteiger partial charge is 0.322 e. The molecule has 0 heterocycles. The van der Waals surface area contributed by atoms with Crippen LogP contribution in [0, 0.1) is 0 Å². The third-order valence-corrected chi connectivity index (χ3v) is 0.972. The molecule has 4 nitrogen and oxygen atoms in total. The van der Waals surface area contributed by atoms with E-state index in [1.54, 1.807) is 0 Å². The molecule has 0 saturated carbocycles. The van der Waals surface area contributed by atoms with Crippen molar-refractivity contribution in [3.63, 3.8) is 0 Å². The number of aliphatic carboxylic acids is 1. The van der Waals surface area contributed by atoms with Crippen LogP contribution in [0.3, 0.4) is 0 Å². The molecule has 9 heavy (non-hydrogen) atoms. The van der Waals surface area contributed by atoms with E-state index in [0.29, 0.717) is 0 Å². The number of rotatable bonds is 3. The minimum Gasteiger partial charge on any atom is -0.480 e. The van der Waals surface area contributed by atoms with E-state index in [0.717, 1.165) is 0 Å². The number of nitrogens with two attached hydrogens (primary N) is 2. The molecule has 0 bridgehead atoms. The van der Waals surface area contributed by atoms with Crippen LogP contribution < -0.4 is 11.5 Å². The van der Waals surface area contributed by atoms with Gasteiger partial charge in [-0.05, 0) is 0 Å². The quantitative estimate of drug-likeness (QED) is 0.423. The van der Waals surface area contributed by atoms with Gasteiger partial charge in [-0.3, -0.25) is 4.79 Å². The molecule has 2 atom stereocenters. The molecule has 0 amide bonds. The van der Waals surface area contributed by atoms with Gasteiger partial charge < -0.3 is 16.6 Å². The molecular formula is C5H10N2O2. The first-order chi connectivity index (χ1) is 4.09. The van der Waals surface area contributed by atoms with Crippen molar-refractivity contribution in [3.05, 3.63) is 12.7 Å². The Morgan fingerprint density at radius 1 is 1.67 bits per heavy atom. The van der Waals surface area contributed by atoms with Crippen LogP contribution in [0.25, 0.3) is 0 Å². The Bertz CT molecular complexity index is 124. The maximum absolute atomic E-state index is 10.0. The van der Waals surface area contributed by atoms with Crippen molar-refractivity contribution in [2.24, 2.45) is 11.5 Å². The normalized spacial score (nSPS) is 16.2. The average Bonchev–Trinajstić information content (AvgIpc) is 1.84. The Labute approximate surface area is 53.1 Å². The van der Waals surface area contributed by atoms with Gasteiger partial charge in [-0.2, -0.15) is 0 Å². The van der Waals surface area contributed by atoms with Crippen LogP contribution in [0.2, 0.25) is 0 Å². The van der Waals surface area contributed by atoms with Crippen molar-refractivity contribution in [2.45, 2.75) is 12.1 Å². The van der Waals surface area contributed by atoms with Gasteiger partial charge in [0.1, 0.15) is 6.04 Å². The summed E-state index contributed by atoms with van der Waals surface area (Å²) in [4.78, 5) is 10.0. The van der Waals surface area contributed by atoms with Gasteiger partial charge in [0, 0.05) is 6.04 Å². The molecule has 0 unspecified atom stereocenters.